The Kier molecular flexibility index (Phi) is 6.41. The molecule has 0 unspecified atom stereocenters. The van der Waals surface area contributed by atoms with Crippen molar-refractivity contribution in [2.45, 2.75) is 52.8 Å². The quantitative estimate of drug-likeness (QED) is 0.541. The van der Waals surface area contributed by atoms with Crippen LogP contribution >= 0.6 is 0 Å². The SMILES string of the molecule is CCCC/C=C(/[Se]c1ccc(C)cc1)[Si](C)(C)C. The van der Waals surface area contributed by atoms with Gasteiger partial charge in [-0.2, -0.15) is 0 Å². The van der Waals surface area contributed by atoms with Gasteiger partial charge in [0.1, 0.15) is 0 Å². The molecule has 0 saturated heterocycles. The zero-order valence-electron chi connectivity index (χ0n) is 12.4. The first-order valence-corrected chi connectivity index (χ1v) is 12.1. The molecular weight excluding hydrogens is 299 g/mol. The van der Waals surface area contributed by atoms with Crippen LogP contribution < -0.4 is 4.46 Å². The number of allylic oxidation sites excluding steroid dienone is 1. The number of aryl methyl sites for hydroxylation is 1. The fourth-order valence-corrected chi connectivity index (χ4v) is 6.80. The van der Waals surface area contributed by atoms with Crippen molar-refractivity contribution in [1.29, 1.82) is 0 Å². The van der Waals surface area contributed by atoms with E-state index in [1.807, 2.05) is 0 Å². The molecule has 0 bridgehead atoms. The Morgan fingerprint density at radius 3 is 2.28 bits per heavy atom. The van der Waals surface area contributed by atoms with Crippen molar-refractivity contribution < 1.29 is 0 Å². The van der Waals surface area contributed by atoms with E-state index in [0.717, 1.165) is 0 Å². The fourth-order valence-electron chi connectivity index (χ4n) is 1.67. The Morgan fingerprint density at radius 2 is 1.78 bits per heavy atom. The second kappa shape index (κ2) is 7.33. The summed E-state index contributed by atoms with van der Waals surface area (Å²) in [5, 5.41) is 0. The van der Waals surface area contributed by atoms with Crippen molar-refractivity contribution in [3.05, 3.63) is 40.0 Å². The summed E-state index contributed by atoms with van der Waals surface area (Å²) in [5.41, 5.74) is 1.36. The minimum atomic E-state index is -1.14. The Bertz CT molecular complexity index is 385. The van der Waals surface area contributed by atoms with Gasteiger partial charge in [0.2, 0.25) is 0 Å². The average Bonchev–Trinajstić information content (AvgIpc) is 2.29. The van der Waals surface area contributed by atoms with Crippen molar-refractivity contribution in [2.24, 2.45) is 0 Å². The Morgan fingerprint density at radius 1 is 1.17 bits per heavy atom. The van der Waals surface area contributed by atoms with Crippen LogP contribution in [0.25, 0.3) is 0 Å². The van der Waals surface area contributed by atoms with E-state index < -0.39 is 8.07 Å². The topological polar surface area (TPSA) is 0 Å². The molecule has 0 aliphatic rings. The van der Waals surface area contributed by atoms with Gasteiger partial charge in [0.15, 0.2) is 0 Å². The van der Waals surface area contributed by atoms with E-state index in [-0.39, 0.29) is 0 Å². The predicted octanol–water partition coefficient (Wildman–Crippen LogP) is 4.28. The second-order valence-corrected chi connectivity index (χ2v) is 14.1. The molecule has 0 atom stereocenters. The van der Waals surface area contributed by atoms with Gasteiger partial charge in [0.05, 0.1) is 0 Å². The van der Waals surface area contributed by atoms with E-state index in [1.54, 1.807) is 4.09 Å². The molecule has 0 aliphatic carbocycles. The summed E-state index contributed by atoms with van der Waals surface area (Å²) in [6.45, 7) is 11.8. The average molecular weight is 325 g/mol. The molecule has 0 heterocycles. The summed E-state index contributed by atoms with van der Waals surface area (Å²) in [6.07, 6.45) is 6.45. The summed E-state index contributed by atoms with van der Waals surface area (Å²) in [6, 6.07) is 9.10. The summed E-state index contributed by atoms with van der Waals surface area (Å²) in [4.78, 5) is 0. The van der Waals surface area contributed by atoms with Crippen molar-refractivity contribution in [3.63, 3.8) is 0 Å². The van der Waals surface area contributed by atoms with Crippen LogP contribution in [0.15, 0.2) is 34.4 Å². The van der Waals surface area contributed by atoms with Crippen LogP contribution in [0.5, 0.6) is 0 Å². The van der Waals surface area contributed by atoms with Crippen molar-refractivity contribution in [3.8, 4) is 0 Å². The van der Waals surface area contributed by atoms with Gasteiger partial charge in [0.25, 0.3) is 0 Å². The molecule has 0 N–H and O–H groups in total. The van der Waals surface area contributed by atoms with Gasteiger partial charge in [0, 0.05) is 0 Å². The van der Waals surface area contributed by atoms with Gasteiger partial charge in [-0.05, 0) is 0 Å². The molecule has 0 aromatic heterocycles. The maximum absolute atomic E-state index is 2.55. The van der Waals surface area contributed by atoms with E-state index >= 15 is 0 Å². The summed E-state index contributed by atoms with van der Waals surface area (Å²) < 4.78 is 3.30. The van der Waals surface area contributed by atoms with E-state index in [0.29, 0.717) is 15.0 Å². The van der Waals surface area contributed by atoms with E-state index in [2.05, 4.69) is 63.8 Å². The molecule has 1 aromatic rings. The number of hydrogen-bond donors (Lipinski definition) is 0. The standard InChI is InChI=1S/C16H26SeSi/c1-6-7-8-9-16(18(3,4)5)17-15-12-10-14(2)11-13-15/h9-13H,6-8H2,1-5H3/b16-9-. The van der Waals surface area contributed by atoms with Gasteiger partial charge >= 0.3 is 120 Å². The van der Waals surface area contributed by atoms with E-state index in [1.165, 1.54) is 29.3 Å². The van der Waals surface area contributed by atoms with Gasteiger partial charge in [-0.15, -0.1) is 0 Å². The molecule has 0 aliphatic heterocycles. The van der Waals surface area contributed by atoms with Crippen LogP contribution in [0.4, 0.5) is 0 Å². The third-order valence-corrected chi connectivity index (χ3v) is 10.8. The molecule has 0 spiro atoms. The zero-order valence-corrected chi connectivity index (χ0v) is 15.1. The van der Waals surface area contributed by atoms with Crippen LogP contribution in [-0.4, -0.2) is 23.0 Å². The maximum atomic E-state index is 2.55. The van der Waals surface area contributed by atoms with Gasteiger partial charge in [-0.25, -0.2) is 0 Å². The van der Waals surface area contributed by atoms with E-state index in [9.17, 15) is 0 Å². The van der Waals surface area contributed by atoms with Crippen molar-refractivity contribution in [2.75, 3.05) is 0 Å². The normalized spacial score (nSPS) is 12.8. The molecule has 0 fully saturated rings. The Labute approximate surface area is 120 Å². The summed E-state index contributed by atoms with van der Waals surface area (Å²) >= 11 is 0.534. The minimum absolute atomic E-state index is 0.534. The third kappa shape index (κ3) is 5.56. The molecule has 1 rings (SSSR count). The summed E-state index contributed by atoms with van der Waals surface area (Å²) in [7, 11) is -1.14. The molecule has 1 aromatic carbocycles. The predicted molar refractivity (Wildman–Crippen MR) is 87.5 cm³/mol. The number of hydrogen-bond acceptors (Lipinski definition) is 0. The van der Waals surface area contributed by atoms with Crippen LogP contribution in [0.3, 0.4) is 0 Å². The number of unbranched alkanes of at least 4 members (excludes halogenated alkanes) is 2. The van der Waals surface area contributed by atoms with Crippen molar-refractivity contribution in [1.82, 2.24) is 0 Å². The molecule has 18 heavy (non-hydrogen) atoms. The molecule has 0 nitrogen and oxygen atoms in total. The number of benzene rings is 1. The van der Waals surface area contributed by atoms with Gasteiger partial charge in [-0.3, -0.25) is 0 Å². The first-order chi connectivity index (χ1) is 8.43. The van der Waals surface area contributed by atoms with E-state index in [4.69, 9.17) is 0 Å². The van der Waals surface area contributed by atoms with Gasteiger partial charge < -0.3 is 0 Å². The van der Waals surface area contributed by atoms with Crippen LogP contribution in [0, 0.1) is 6.92 Å². The molecule has 0 amide bonds. The monoisotopic (exact) mass is 326 g/mol. The van der Waals surface area contributed by atoms with Crippen LogP contribution in [0.2, 0.25) is 19.6 Å². The Balaban J connectivity index is 2.78. The van der Waals surface area contributed by atoms with Crippen molar-refractivity contribution >= 4 is 27.5 Å². The Hall–Kier alpha value is -0.304. The van der Waals surface area contributed by atoms with Crippen LogP contribution in [-0.2, 0) is 0 Å². The fraction of sp³-hybridized carbons (Fsp3) is 0.500. The first kappa shape index (κ1) is 15.8. The molecule has 0 radical (unpaired) electrons. The van der Waals surface area contributed by atoms with Gasteiger partial charge in [-0.1, -0.05) is 0 Å². The second-order valence-electron chi connectivity index (χ2n) is 5.88. The van der Waals surface area contributed by atoms with Crippen LogP contribution in [0.1, 0.15) is 31.7 Å². The molecule has 2 heteroatoms. The number of rotatable bonds is 6. The molecule has 0 saturated carbocycles. The molecular formula is C16H26SeSi. The zero-order chi connectivity index (χ0) is 13.6. The molecule has 100 valence electrons. The third-order valence-electron chi connectivity index (χ3n) is 2.88. The summed E-state index contributed by atoms with van der Waals surface area (Å²) in [5.74, 6) is 0. The first-order valence-electron chi connectivity index (χ1n) is 6.88.